The van der Waals surface area contributed by atoms with Gasteiger partial charge in [0, 0.05) is 0 Å². The van der Waals surface area contributed by atoms with Gasteiger partial charge in [-0.15, -0.1) is 0 Å². The van der Waals surface area contributed by atoms with Gasteiger partial charge in [0.05, 0.1) is 18.2 Å². The summed E-state index contributed by atoms with van der Waals surface area (Å²) in [7, 11) is 0. The van der Waals surface area contributed by atoms with E-state index in [0.717, 1.165) is 18.8 Å². The van der Waals surface area contributed by atoms with E-state index in [9.17, 15) is 0 Å². The van der Waals surface area contributed by atoms with Crippen LogP contribution in [-0.2, 0) is 0 Å². The van der Waals surface area contributed by atoms with Gasteiger partial charge in [0.1, 0.15) is 31.9 Å². The van der Waals surface area contributed by atoms with Crippen LogP contribution in [0.5, 0.6) is 5.75 Å². The van der Waals surface area contributed by atoms with Gasteiger partial charge in [0.2, 0.25) is 0 Å². The molecule has 0 amide bonds. The molecule has 0 radical (unpaired) electrons. The summed E-state index contributed by atoms with van der Waals surface area (Å²) in [6.45, 7) is 7.23. The molecular weight excluding hydrogens is 248 g/mol. The van der Waals surface area contributed by atoms with Crippen LogP contribution in [0.4, 0.5) is 0 Å². The van der Waals surface area contributed by atoms with Gasteiger partial charge >= 0.3 is 0 Å². The van der Waals surface area contributed by atoms with E-state index in [1.54, 1.807) is 4.90 Å². The highest BCUT2D eigenvalue weighted by molar-refractivity contribution is 6.32. The molecule has 1 heterocycles. The molecule has 1 fully saturated rings. The third kappa shape index (κ3) is 4.48. The molecule has 2 rings (SSSR count). The molecule has 0 spiro atoms. The van der Waals surface area contributed by atoms with E-state index in [-0.39, 0.29) is 0 Å². The van der Waals surface area contributed by atoms with Crippen molar-refractivity contribution in [3.8, 4) is 5.75 Å². The van der Waals surface area contributed by atoms with Crippen molar-refractivity contribution in [3.05, 3.63) is 29.3 Å². The number of hydrogen-bond donors (Lipinski definition) is 2. The van der Waals surface area contributed by atoms with Crippen LogP contribution in [0.1, 0.15) is 12.8 Å². The standard InChI is InChI=1S/C14H21ClN2O/c15-13-5-1-2-6-14(13)18-12-4-3-9-17-10-7-16-8-11-17/h1-2,5-6,16H,3-4,7-12H2/p+2. The van der Waals surface area contributed by atoms with Gasteiger partial charge in [-0.25, -0.2) is 0 Å². The first kappa shape index (κ1) is 13.7. The number of piperazine rings is 1. The molecule has 1 saturated heterocycles. The average Bonchev–Trinajstić information content (AvgIpc) is 2.42. The summed E-state index contributed by atoms with van der Waals surface area (Å²) in [4.78, 5) is 1.75. The van der Waals surface area contributed by atoms with Gasteiger partial charge in [-0.05, 0) is 25.0 Å². The summed E-state index contributed by atoms with van der Waals surface area (Å²) >= 11 is 6.03. The van der Waals surface area contributed by atoms with Gasteiger partial charge in [-0.1, -0.05) is 23.7 Å². The number of ether oxygens (including phenoxy) is 1. The highest BCUT2D eigenvalue weighted by Gasteiger charge is 2.14. The predicted octanol–water partition coefficient (Wildman–Crippen LogP) is -0.0391. The van der Waals surface area contributed by atoms with Crippen LogP contribution in [0.25, 0.3) is 0 Å². The number of para-hydroxylation sites is 1. The first-order valence-corrected chi connectivity index (χ1v) is 7.26. The normalized spacial score (nSPS) is 16.7. The van der Waals surface area contributed by atoms with Gasteiger partial charge < -0.3 is 15.0 Å². The number of benzene rings is 1. The van der Waals surface area contributed by atoms with Crippen LogP contribution in [0.3, 0.4) is 0 Å². The number of nitrogens with one attached hydrogen (secondary N) is 1. The maximum absolute atomic E-state index is 6.03. The Labute approximate surface area is 114 Å². The zero-order chi connectivity index (χ0) is 12.6. The molecule has 0 aliphatic carbocycles. The van der Waals surface area contributed by atoms with Crippen LogP contribution < -0.4 is 15.0 Å². The van der Waals surface area contributed by atoms with Crippen LogP contribution in [-0.4, -0.2) is 39.3 Å². The lowest BCUT2D eigenvalue weighted by Gasteiger charge is -2.22. The average molecular weight is 271 g/mol. The fourth-order valence-corrected chi connectivity index (χ4v) is 2.54. The molecule has 3 N–H and O–H groups in total. The minimum absolute atomic E-state index is 0.703. The lowest BCUT2D eigenvalue weighted by molar-refractivity contribution is -0.946. The Bertz CT molecular complexity index is 353. The Morgan fingerprint density at radius 3 is 2.72 bits per heavy atom. The fourth-order valence-electron chi connectivity index (χ4n) is 2.35. The van der Waals surface area contributed by atoms with Crippen molar-refractivity contribution in [1.82, 2.24) is 0 Å². The predicted molar refractivity (Wildman–Crippen MR) is 73.4 cm³/mol. The van der Waals surface area contributed by atoms with Crippen molar-refractivity contribution in [3.63, 3.8) is 0 Å². The monoisotopic (exact) mass is 270 g/mol. The second-order valence-electron chi connectivity index (χ2n) is 4.85. The number of quaternary nitrogens is 2. The molecule has 3 nitrogen and oxygen atoms in total. The molecule has 1 aromatic carbocycles. The van der Waals surface area contributed by atoms with Crippen molar-refractivity contribution in [2.75, 3.05) is 39.3 Å². The van der Waals surface area contributed by atoms with Gasteiger partial charge in [0.25, 0.3) is 0 Å². The number of hydrogen-bond acceptors (Lipinski definition) is 1. The smallest absolute Gasteiger partial charge is 0.137 e. The van der Waals surface area contributed by atoms with E-state index in [1.807, 2.05) is 24.3 Å². The maximum atomic E-state index is 6.03. The Morgan fingerprint density at radius 1 is 1.17 bits per heavy atom. The minimum Gasteiger partial charge on any atom is -0.492 e. The largest absolute Gasteiger partial charge is 0.492 e. The molecule has 0 unspecified atom stereocenters. The highest BCUT2D eigenvalue weighted by atomic mass is 35.5. The second kappa shape index (κ2) is 7.62. The van der Waals surface area contributed by atoms with E-state index in [0.29, 0.717) is 5.02 Å². The molecule has 0 saturated carbocycles. The molecule has 4 heteroatoms. The number of nitrogens with two attached hydrogens (primary N) is 1. The van der Waals surface area contributed by atoms with E-state index in [1.165, 1.54) is 39.1 Å². The number of unbranched alkanes of at least 4 members (excludes halogenated alkanes) is 1. The molecule has 1 aliphatic heterocycles. The summed E-state index contributed by atoms with van der Waals surface area (Å²) in [5.74, 6) is 0.805. The van der Waals surface area contributed by atoms with Gasteiger partial charge in [-0.3, -0.25) is 0 Å². The Morgan fingerprint density at radius 2 is 1.94 bits per heavy atom. The first-order chi connectivity index (χ1) is 8.86. The topological polar surface area (TPSA) is 30.3 Å². The van der Waals surface area contributed by atoms with Crippen molar-refractivity contribution in [1.29, 1.82) is 0 Å². The lowest BCUT2D eigenvalue weighted by Crippen LogP contribution is -3.20. The molecule has 0 aromatic heterocycles. The summed E-state index contributed by atoms with van der Waals surface area (Å²) in [5, 5.41) is 3.11. The quantitative estimate of drug-likeness (QED) is 0.699. The summed E-state index contributed by atoms with van der Waals surface area (Å²) in [5.41, 5.74) is 0. The maximum Gasteiger partial charge on any atom is 0.137 e. The molecular formula is C14H23ClN2O+2. The highest BCUT2D eigenvalue weighted by Crippen LogP contribution is 2.23. The number of rotatable bonds is 6. The van der Waals surface area contributed by atoms with Crippen LogP contribution >= 0.6 is 11.6 Å². The SMILES string of the molecule is Clc1ccccc1OCCCC[NH+]1CC[NH2+]CC1. The van der Waals surface area contributed by atoms with Crippen molar-refractivity contribution in [2.24, 2.45) is 0 Å². The van der Waals surface area contributed by atoms with E-state index in [2.05, 4.69) is 5.32 Å². The third-order valence-electron chi connectivity index (χ3n) is 3.42. The van der Waals surface area contributed by atoms with Crippen LogP contribution in [0, 0.1) is 0 Å². The molecule has 1 aliphatic rings. The second-order valence-corrected chi connectivity index (χ2v) is 5.26. The third-order valence-corrected chi connectivity index (χ3v) is 3.74. The fraction of sp³-hybridized carbons (Fsp3) is 0.571. The Hall–Kier alpha value is -0.770. The van der Waals surface area contributed by atoms with Gasteiger partial charge in [0.15, 0.2) is 0 Å². The van der Waals surface area contributed by atoms with Gasteiger partial charge in [-0.2, -0.15) is 0 Å². The van der Waals surface area contributed by atoms with E-state index >= 15 is 0 Å². The summed E-state index contributed by atoms with van der Waals surface area (Å²) < 4.78 is 5.68. The summed E-state index contributed by atoms with van der Waals surface area (Å²) in [6.07, 6.45) is 2.35. The zero-order valence-electron chi connectivity index (χ0n) is 10.8. The molecule has 1 aromatic rings. The van der Waals surface area contributed by atoms with Crippen molar-refractivity contribution >= 4 is 11.6 Å². The molecule has 0 bridgehead atoms. The Balaban J connectivity index is 1.57. The van der Waals surface area contributed by atoms with Crippen LogP contribution in [0.2, 0.25) is 5.02 Å². The summed E-state index contributed by atoms with van der Waals surface area (Å²) in [6, 6.07) is 7.67. The Kier molecular flexibility index (Phi) is 5.78. The first-order valence-electron chi connectivity index (χ1n) is 6.89. The molecule has 18 heavy (non-hydrogen) atoms. The van der Waals surface area contributed by atoms with E-state index in [4.69, 9.17) is 16.3 Å². The zero-order valence-corrected chi connectivity index (χ0v) is 11.6. The lowest BCUT2D eigenvalue weighted by atomic mass is 10.2. The van der Waals surface area contributed by atoms with Crippen molar-refractivity contribution < 1.29 is 15.0 Å². The van der Waals surface area contributed by atoms with E-state index < -0.39 is 0 Å². The molecule has 0 atom stereocenters. The minimum atomic E-state index is 0.703. The molecule has 100 valence electrons. The number of halogens is 1. The van der Waals surface area contributed by atoms with Crippen LogP contribution in [0.15, 0.2) is 24.3 Å². The van der Waals surface area contributed by atoms with Crippen molar-refractivity contribution in [2.45, 2.75) is 12.8 Å².